The summed E-state index contributed by atoms with van der Waals surface area (Å²) in [6, 6.07) is -0.903. The number of rotatable bonds is 8. The van der Waals surface area contributed by atoms with Gasteiger partial charge in [-0.1, -0.05) is 5.43 Å². The lowest BCUT2D eigenvalue weighted by atomic mass is 10.1. The van der Waals surface area contributed by atoms with Gasteiger partial charge in [0.05, 0.1) is 6.04 Å². The molecule has 12 nitrogen and oxygen atoms in total. The largest absolute Gasteiger partial charge is 0.367 e. The number of nitrogens with zero attached hydrogens (tertiary/aromatic N) is 2. The highest BCUT2D eigenvalue weighted by molar-refractivity contribution is 5.88. The second-order valence-corrected chi connectivity index (χ2v) is 3.77. The van der Waals surface area contributed by atoms with Crippen molar-refractivity contribution in [2.45, 2.75) is 25.0 Å². The minimum Gasteiger partial charge on any atom is -0.367 e. The van der Waals surface area contributed by atoms with Crippen LogP contribution in [-0.4, -0.2) is 41.6 Å². The van der Waals surface area contributed by atoms with Gasteiger partial charge in [0.25, 0.3) is 11.9 Å². The molecule has 0 aromatic heterocycles. The predicted octanol–water partition coefficient (Wildman–Crippen LogP) is -3.92. The van der Waals surface area contributed by atoms with Crippen molar-refractivity contribution in [2.24, 2.45) is 27.9 Å². The van der Waals surface area contributed by atoms with Crippen LogP contribution in [-0.2, 0) is 9.59 Å². The van der Waals surface area contributed by atoms with E-state index >= 15 is 0 Å². The topological polar surface area (TPSA) is 218 Å². The Bertz CT molecular complexity index is 398. The molecule has 0 bridgehead atoms. The van der Waals surface area contributed by atoms with E-state index < -0.39 is 29.1 Å². The molecule has 10 N–H and O–H groups in total. The van der Waals surface area contributed by atoms with E-state index in [9.17, 15) is 19.7 Å². The smallest absolute Gasteiger partial charge is 0.254 e. The number of guanidine groups is 1. The van der Waals surface area contributed by atoms with Crippen LogP contribution in [0, 0.1) is 10.1 Å². The number of aliphatic imine (C=N–C) groups is 1. The Morgan fingerprint density at radius 1 is 1.30 bits per heavy atom. The summed E-state index contributed by atoms with van der Waals surface area (Å²) >= 11 is 0. The molecule has 12 heteroatoms. The first-order valence-corrected chi connectivity index (χ1v) is 5.56. The van der Waals surface area contributed by atoms with E-state index in [1.54, 1.807) is 5.43 Å². The third-order valence-corrected chi connectivity index (χ3v) is 2.10. The maximum absolute atomic E-state index is 11.4. The molecule has 0 heterocycles. The van der Waals surface area contributed by atoms with Crippen molar-refractivity contribution in [2.75, 3.05) is 6.54 Å². The van der Waals surface area contributed by atoms with E-state index in [2.05, 4.69) is 10.3 Å². The molecule has 114 valence electrons. The lowest BCUT2D eigenvalue weighted by Crippen LogP contribution is -2.54. The van der Waals surface area contributed by atoms with Crippen molar-refractivity contribution in [1.82, 2.24) is 10.7 Å². The number of carbonyl (C=O) groups excluding carboxylic acids is 2. The number of nitro groups is 1. The maximum atomic E-state index is 11.4. The molecule has 0 aliphatic rings. The Morgan fingerprint density at radius 3 is 2.40 bits per heavy atom. The molecule has 0 fully saturated rings. The molecule has 20 heavy (non-hydrogen) atoms. The lowest BCUT2D eigenvalue weighted by Gasteiger charge is -2.14. The minimum atomic E-state index is -1.30. The van der Waals surface area contributed by atoms with E-state index in [4.69, 9.17) is 22.9 Å². The third-order valence-electron chi connectivity index (χ3n) is 2.10. The van der Waals surface area contributed by atoms with E-state index in [0.29, 0.717) is 6.42 Å². The molecule has 0 aromatic carbocycles. The lowest BCUT2D eigenvalue weighted by molar-refractivity contribution is -0.525. The molecule has 0 unspecified atom stereocenters. The number of nitrogens with two attached hydrogens (primary N) is 4. The van der Waals surface area contributed by atoms with Gasteiger partial charge in [-0.25, -0.2) is 15.1 Å². The van der Waals surface area contributed by atoms with Crippen LogP contribution in [0.1, 0.15) is 12.8 Å². The number of hydrogen-bond donors (Lipinski definition) is 6. The maximum Gasteiger partial charge on any atom is 0.254 e. The molecular formula is C8H18N8O4. The molecule has 0 aliphatic heterocycles. The van der Waals surface area contributed by atoms with E-state index in [1.165, 1.54) is 0 Å². The Kier molecular flexibility index (Phi) is 7.54. The molecule has 0 spiro atoms. The second kappa shape index (κ2) is 8.60. The fourth-order valence-electron chi connectivity index (χ4n) is 1.10. The van der Waals surface area contributed by atoms with Crippen molar-refractivity contribution in [3.63, 3.8) is 0 Å². The van der Waals surface area contributed by atoms with Crippen LogP contribution in [0.25, 0.3) is 0 Å². The zero-order valence-corrected chi connectivity index (χ0v) is 10.6. The average Bonchev–Trinajstić information content (AvgIpc) is 2.33. The minimum absolute atomic E-state index is 0.148. The summed E-state index contributed by atoms with van der Waals surface area (Å²) in [5.41, 5.74) is 22.5. The summed E-state index contributed by atoms with van der Waals surface area (Å²) in [5.74, 6) is -1.85. The first-order chi connectivity index (χ1) is 9.23. The fraction of sp³-hybridized carbons (Fsp3) is 0.625. The van der Waals surface area contributed by atoms with Gasteiger partial charge in [0.15, 0.2) is 11.2 Å². The highest BCUT2D eigenvalue weighted by atomic mass is 16.7. The summed E-state index contributed by atoms with van der Waals surface area (Å²) in [4.78, 5) is 35.7. The van der Waals surface area contributed by atoms with Crippen molar-refractivity contribution >= 4 is 17.8 Å². The third kappa shape index (κ3) is 7.78. The SMILES string of the molecule is NC(=O)[C@H](N)NC(=O)[C@@H](N)CCCN=C(N)N[N+](=O)[O-]. The van der Waals surface area contributed by atoms with Crippen LogP contribution >= 0.6 is 0 Å². The average molecular weight is 290 g/mol. The van der Waals surface area contributed by atoms with Crippen molar-refractivity contribution < 1.29 is 14.6 Å². The van der Waals surface area contributed by atoms with E-state index in [0.717, 1.165) is 0 Å². The van der Waals surface area contributed by atoms with Gasteiger partial charge in [0.2, 0.25) is 5.91 Å². The molecule has 0 saturated heterocycles. The molecule has 0 aromatic rings. The van der Waals surface area contributed by atoms with Gasteiger partial charge in [-0.2, -0.15) is 0 Å². The van der Waals surface area contributed by atoms with Crippen LogP contribution in [0.5, 0.6) is 0 Å². The number of primary amides is 1. The van der Waals surface area contributed by atoms with Crippen molar-refractivity contribution in [1.29, 1.82) is 0 Å². The number of nitrogens with one attached hydrogen (secondary N) is 2. The van der Waals surface area contributed by atoms with Gasteiger partial charge in [0.1, 0.15) is 0 Å². The van der Waals surface area contributed by atoms with Crippen LogP contribution in [0.15, 0.2) is 4.99 Å². The molecule has 0 saturated carbocycles. The summed E-state index contributed by atoms with van der Waals surface area (Å²) < 4.78 is 0. The summed E-state index contributed by atoms with van der Waals surface area (Å²) in [6.07, 6.45) is -0.709. The van der Waals surface area contributed by atoms with Crippen LogP contribution in [0.2, 0.25) is 0 Å². The molecular weight excluding hydrogens is 272 g/mol. The summed E-state index contributed by atoms with van der Waals surface area (Å²) in [7, 11) is 0. The van der Waals surface area contributed by atoms with Gasteiger partial charge in [-0.15, -0.1) is 0 Å². The van der Waals surface area contributed by atoms with Gasteiger partial charge in [-0.05, 0) is 12.8 Å². The highest BCUT2D eigenvalue weighted by Gasteiger charge is 2.18. The van der Waals surface area contributed by atoms with Crippen LogP contribution in [0.4, 0.5) is 0 Å². The Balaban J connectivity index is 3.99. The number of carbonyl (C=O) groups is 2. The second-order valence-electron chi connectivity index (χ2n) is 3.77. The highest BCUT2D eigenvalue weighted by Crippen LogP contribution is 1.95. The zero-order chi connectivity index (χ0) is 15.7. The molecule has 2 amide bonds. The normalized spacial score (nSPS) is 14.2. The van der Waals surface area contributed by atoms with Gasteiger partial charge >= 0.3 is 0 Å². The van der Waals surface area contributed by atoms with Crippen molar-refractivity contribution in [3.05, 3.63) is 10.1 Å². The fourth-order valence-corrected chi connectivity index (χ4v) is 1.10. The van der Waals surface area contributed by atoms with E-state index in [1.807, 2.05) is 0 Å². The zero-order valence-electron chi connectivity index (χ0n) is 10.6. The van der Waals surface area contributed by atoms with E-state index in [-0.39, 0.29) is 18.9 Å². The van der Waals surface area contributed by atoms with Gasteiger partial charge in [0, 0.05) is 6.54 Å². The quantitative estimate of drug-likeness (QED) is 0.0645. The molecule has 2 atom stereocenters. The van der Waals surface area contributed by atoms with Crippen LogP contribution < -0.4 is 33.7 Å². The monoisotopic (exact) mass is 290 g/mol. The standard InChI is InChI=1S/C8H18N8O4/c9-4(7(18)14-5(10)6(11)17)2-1-3-13-8(12)15-16(19)20/h4-5H,1-3,9-10H2,(H2,11,17)(H,14,18)(H3,12,13,15)/t4-,5+/m0/s1. The first-order valence-electron chi connectivity index (χ1n) is 5.56. The Morgan fingerprint density at radius 2 is 1.90 bits per heavy atom. The van der Waals surface area contributed by atoms with Gasteiger partial charge in [-0.3, -0.25) is 9.59 Å². The summed E-state index contributed by atoms with van der Waals surface area (Å²) in [5, 5.41) is 11.3. The predicted molar refractivity (Wildman–Crippen MR) is 69.1 cm³/mol. The summed E-state index contributed by atoms with van der Waals surface area (Å²) in [6.45, 7) is 0.148. The van der Waals surface area contributed by atoms with Gasteiger partial charge < -0.3 is 28.3 Å². The van der Waals surface area contributed by atoms with Crippen LogP contribution in [0.3, 0.4) is 0 Å². The Hall–Kier alpha value is -2.47. The first kappa shape index (κ1) is 17.5. The number of amides is 2. The molecule has 0 rings (SSSR count). The molecule has 0 radical (unpaired) electrons. The number of hydrogen-bond acceptors (Lipinski definition) is 7. The Labute approximate surface area is 114 Å². The molecule has 0 aliphatic carbocycles. The van der Waals surface area contributed by atoms with Crippen molar-refractivity contribution in [3.8, 4) is 0 Å². The number of hydrazine groups is 1.